The maximum atomic E-state index is 11.9. The Morgan fingerprint density at radius 1 is 1.28 bits per heavy atom. The molecule has 0 unspecified atom stereocenters. The van der Waals surface area contributed by atoms with Gasteiger partial charge in [0.05, 0.1) is 0 Å². The molecule has 0 saturated heterocycles. The second-order valence-corrected chi connectivity index (χ2v) is 8.15. The topological polar surface area (TPSA) is 102 Å². The van der Waals surface area contributed by atoms with Crippen LogP contribution in [0, 0.1) is 12.8 Å². The first-order chi connectivity index (χ1) is 15.5. The van der Waals surface area contributed by atoms with Crippen LogP contribution in [0.15, 0.2) is 24.7 Å². The van der Waals surface area contributed by atoms with Crippen molar-refractivity contribution in [3.8, 4) is 11.1 Å². The Labute approximate surface area is 191 Å². The number of fused-ring (bicyclic) bond motifs is 3. The molecule has 1 saturated carbocycles. The molecule has 0 spiro atoms. The van der Waals surface area contributed by atoms with Crippen molar-refractivity contribution in [3.05, 3.63) is 35.9 Å². The molecule has 1 aliphatic rings. The molecule has 4 heterocycles. The molecule has 0 aromatic carbocycles. The van der Waals surface area contributed by atoms with Crippen LogP contribution in [0.1, 0.15) is 56.1 Å². The monoisotopic (exact) mass is 452 g/mol. The molecule has 0 aliphatic heterocycles. The smallest absolute Gasteiger partial charge is 0.184 e. The summed E-state index contributed by atoms with van der Waals surface area (Å²) in [4.78, 5) is 31.4. The van der Waals surface area contributed by atoms with Crippen LogP contribution >= 0.6 is 11.3 Å². The molecule has 9 heteroatoms. The number of pyridine rings is 2. The lowest BCUT2D eigenvalue weighted by Gasteiger charge is -2.08. The van der Waals surface area contributed by atoms with Gasteiger partial charge in [-0.3, -0.25) is 14.2 Å². The molecule has 1 aliphatic carbocycles. The number of carbonyl (C=O) groups excluding carboxylic acids is 2. The molecule has 0 atom stereocenters. The normalized spacial score (nSPS) is 12.5. The zero-order chi connectivity index (χ0) is 23.3. The molecule has 1 fully saturated rings. The highest BCUT2D eigenvalue weighted by Crippen LogP contribution is 2.33. The Morgan fingerprint density at radius 3 is 2.59 bits per heavy atom. The van der Waals surface area contributed by atoms with Gasteiger partial charge in [0.2, 0.25) is 0 Å². The predicted molar refractivity (Wildman–Crippen MR) is 128 cm³/mol. The van der Waals surface area contributed by atoms with Crippen LogP contribution in [0.2, 0.25) is 0 Å². The largest absolute Gasteiger partial charge is 0.365 e. The van der Waals surface area contributed by atoms with Gasteiger partial charge in [0, 0.05) is 36.7 Å². The number of hydrogen-bond donors (Lipinski definition) is 1. The Kier molecular flexibility index (Phi) is 7.63. The van der Waals surface area contributed by atoms with Crippen molar-refractivity contribution in [2.24, 2.45) is 5.92 Å². The molecular weight excluding hydrogens is 424 g/mol. The highest BCUT2D eigenvalue weighted by Gasteiger charge is 2.19. The minimum atomic E-state index is 0.0379. The molecule has 32 heavy (non-hydrogen) atoms. The van der Waals surface area contributed by atoms with Gasteiger partial charge in [-0.25, -0.2) is 4.98 Å². The van der Waals surface area contributed by atoms with E-state index >= 15 is 0 Å². The Hall–Kier alpha value is -3.20. The van der Waals surface area contributed by atoms with E-state index in [0.717, 1.165) is 56.9 Å². The number of nitrogens with zero attached hydrogens (tertiary/aromatic N) is 5. The average Bonchev–Trinajstić information content (AvgIpc) is 3.38. The van der Waals surface area contributed by atoms with Crippen LogP contribution in [0.25, 0.3) is 27.1 Å². The quantitative estimate of drug-likeness (QED) is 0.337. The first-order valence-electron chi connectivity index (χ1n) is 10.8. The van der Waals surface area contributed by atoms with Crippen LogP contribution in [0.5, 0.6) is 0 Å². The van der Waals surface area contributed by atoms with Gasteiger partial charge < -0.3 is 10.1 Å². The maximum absolute atomic E-state index is 11.9. The zero-order valence-electron chi connectivity index (χ0n) is 19.0. The van der Waals surface area contributed by atoms with Crippen LogP contribution in [-0.2, 0) is 4.79 Å². The standard InChI is InChI=1S/C17H16N6OS.C4H6O.C2H6/c1-4-14(24)12-5-9(2)11(7-19-12)10-6-13-16(25-17(18-3)21-13)23-8-20-22-15(10)23;5-3-4-1-2-4;1-2/h5-8H,4H2,1-3H3,(H,18,21);3-4H,1-2H2;1-2H3. The SMILES string of the molecule is CC.CCC(=O)c1cc(C)c(-c2cc3nc(NC)sc3n3cnnc23)cn1.O=CC1CC1. The van der Waals surface area contributed by atoms with Crippen LogP contribution < -0.4 is 5.32 Å². The van der Waals surface area contributed by atoms with E-state index in [1.54, 1.807) is 23.9 Å². The van der Waals surface area contributed by atoms with Gasteiger partial charge in [-0.15, -0.1) is 10.2 Å². The third kappa shape index (κ3) is 4.83. The molecule has 0 amide bonds. The number of ketones is 1. The zero-order valence-corrected chi connectivity index (χ0v) is 19.9. The summed E-state index contributed by atoms with van der Waals surface area (Å²) in [6, 6.07) is 3.83. The van der Waals surface area contributed by atoms with Gasteiger partial charge in [0.15, 0.2) is 16.6 Å². The van der Waals surface area contributed by atoms with E-state index in [9.17, 15) is 9.59 Å². The molecule has 168 valence electrons. The molecule has 1 N–H and O–H groups in total. The van der Waals surface area contributed by atoms with Crippen molar-refractivity contribution in [2.75, 3.05) is 12.4 Å². The fourth-order valence-electron chi connectivity index (χ4n) is 3.07. The van der Waals surface area contributed by atoms with Crippen molar-refractivity contribution < 1.29 is 9.59 Å². The van der Waals surface area contributed by atoms with Gasteiger partial charge in [-0.1, -0.05) is 32.1 Å². The van der Waals surface area contributed by atoms with Crippen molar-refractivity contribution in [2.45, 2.75) is 47.0 Å². The third-order valence-electron chi connectivity index (χ3n) is 4.96. The summed E-state index contributed by atoms with van der Waals surface area (Å²) in [5.41, 5.74) is 4.90. The summed E-state index contributed by atoms with van der Waals surface area (Å²) in [5, 5.41) is 12.2. The number of aryl methyl sites for hydroxylation is 1. The Bertz CT molecular complexity index is 1240. The van der Waals surface area contributed by atoms with Crippen molar-refractivity contribution in [1.29, 1.82) is 0 Å². The Balaban J connectivity index is 0.000000359. The number of aldehydes is 1. The number of aromatic nitrogens is 5. The maximum Gasteiger partial charge on any atom is 0.184 e. The van der Waals surface area contributed by atoms with E-state index in [2.05, 4.69) is 25.5 Å². The summed E-state index contributed by atoms with van der Waals surface area (Å²) < 4.78 is 1.94. The van der Waals surface area contributed by atoms with Crippen LogP contribution in [0.4, 0.5) is 5.13 Å². The number of rotatable bonds is 5. The van der Waals surface area contributed by atoms with Gasteiger partial charge in [-0.2, -0.15) is 0 Å². The van der Waals surface area contributed by atoms with Crippen LogP contribution in [-0.4, -0.2) is 43.7 Å². The van der Waals surface area contributed by atoms with Crippen LogP contribution in [0.3, 0.4) is 0 Å². The lowest BCUT2D eigenvalue weighted by Crippen LogP contribution is -2.02. The van der Waals surface area contributed by atoms with E-state index in [1.807, 2.05) is 51.3 Å². The van der Waals surface area contributed by atoms with E-state index in [1.165, 1.54) is 0 Å². The molecule has 0 bridgehead atoms. The number of Topliss-reactive ketones (excluding diaryl/α,β-unsaturated/α-hetero) is 1. The lowest BCUT2D eigenvalue weighted by atomic mass is 10.0. The molecule has 0 radical (unpaired) electrons. The number of carbonyl (C=O) groups is 2. The predicted octanol–water partition coefficient (Wildman–Crippen LogP) is 4.97. The van der Waals surface area contributed by atoms with E-state index in [-0.39, 0.29) is 5.78 Å². The molecule has 4 aromatic heterocycles. The lowest BCUT2D eigenvalue weighted by molar-refractivity contribution is -0.108. The fourth-order valence-corrected chi connectivity index (χ4v) is 3.94. The molecule has 4 aromatic rings. The summed E-state index contributed by atoms with van der Waals surface area (Å²) in [6.07, 6.45) is 7.18. The van der Waals surface area contributed by atoms with Crippen molar-refractivity contribution in [3.63, 3.8) is 0 Å². The van der Waals surface area contributed by atoms with Crippen molar-refractivity contribution >= 4 is 44.5 Å². The van der Waals surface area contributed by atoms with E-state index < -0.39 is 0 Å². The number of hydrogen-bond acceptors (Lipinski definition) is 8. The first kappa shape index (κ1) is 23.5. The highest BCUT2D eigenvalue weighted by atomic mass is 32.1. The van der Waals surface area contributed by atoms with Gasteiger partial charge in [0.25, 0.3) is 0 Å². The summed E-state index contributed by atoms with van der Waals surface area (Å²) >= 11 is 1.55. The Morgan fingerprint density at radius 2 is 2.03 bits per heavy atom. The molecule has 8 nitrogen and oxygen atoms in total. The summed E-state index contributed by atoms with van der Waals surface area (Å²) in [6.45, 7) is 7.81. The van der Waals surface area contributed by atoms with E-state index in [4.69, 9.17) is 0 Å². The minimum absolute atomic E-state index is 0.0379. The number of thiazole rings is 1. The first-order valence-corrected chi connectivity index (χ1v) is 11.6. The van der Waals surface area contributed by atoms with Gasteiger partial charge in [-0.05, 0) is 37.5 Å². The second kappa shape index (κ2) is 10.4. The highest BCUT2D eigenvalue weighted by molar-refractivity contribution is 7.21. The van der Waals surface area contributed by atoms with Gasteiger partial charge >= 0.3 is 0 Å². The molecular formula is C23H28N6O2S. The van der Waals surface area contributed by atoms with Crippen molar-refractivity contribution in [1.82, 2.24) is 24.6 Å². The average molecular weight is 453 g/mol. The minimum Gasteiger partial charge on any atom is -0.365 e. The fraction of sp³-hybridized carbons (Fsp3) is 0.391. The molecule has 5 rings (SSSR count). The third-order valence-corrected chi connectivity index (χ3v) is 6.05. The van der Waals surface area contributed by atoms with E-state index in [0.29, 0.717) is 18.0 Å². The summed E-state index contributed by atoms with van der Waals surface area (Å²) in [7, 11) is 1.85. The number of nitrogens with one attached hydrogen (secondary N) is 1. The van der Waals surface area contributed by atoms with Gasteiger partial charge in [0.1, 0.15) is 28.7 Å². The summed E-state index contributed by atoms with van der Waals surface area (Å²) in [5.74, 6) is 0.492. The number of anilines is 1. The second-order valence-electron chi connectivity index (χ2n) is 7.18.